The molecular formula is C6H20Cl4N4. The van der Waals surface area contributed by atoms with Gasteiger partial charge in [0.05, 0.1) is 0 Å². The molecule has 14 heavy (non-hydrogen) atoms. The summed E-state index contributed by atoms with van der Waals surface area (Å²) in [5.41, 5.74) is 17.9. The third kappa shape index (κ3) is 10.8. The smallest absolute Gasteiger partial charge is 0.102 e. The highest BCUT2D eigenvalue weighted by molar-refractivity contribution is 5.14. The van der Waals surface area contributed by atoms with Crippen LogP contribution in [0.3, 0.4) is 0 Å². The molecule has 92 valence electrons. The highest BCUT2D eigenvalue weighted by Crippen LogP contribution is 1.93. The molecule has 4 nitrogen and oxygen atoms in total. The molecule has 0 unspecified atom stereocenters. The fourth-order valence-electron chi connectivity index (χ4n) is 0.957. The first-order valence-corrected chi connectivity index (χ1v) is 3.66. The normalized spacial score (nSPS) is 6.86. The van der Waals surface area contributed by atoms with Crippen LogP contribution in [0.15, 0.2) is 11.1 Å². The molecule has 0 atom stereocenters. The second-order valence-electron chi connectivity index (χ2n) is 2.21. The van der Waals surface area contributed by atoms with Gasteiger partial charge in [0.15, 0.2) is 0 Å². The molecule has 0 radical (unpaired) electrons. The number of hydrogen-bond donors (Lipinski definition) is 4. The molecule has 0 heterocycles. The molecule has 0 aromatic rings. The van der Waals surface area contributed by atoms with E-state index in [2.05, 4.69) is 22.9 Å². The highest BCUT2D eigenvalue weighted by Gasteiger charge is 2.06. The van der Waals surface area contributed by atoms with Crippen molar-refractivity contribution in [1.82, 2.24) is 0 Å². The van der Waals surface area contributed by atoms with Crippen molar-refractivity contribution in [2.75, 3.05) is 26.2 Å². The van der Waals surface area contributed by atoms with Crippen LogP contribution in [-0.2, 0) is 0 Å². The first kappa shape index (κ1) is 29.3. The fraction of sp³-hybridized carbons (Fsp3) is 0.667. The van der Waals surface area contributed by atoms with E-state index < -0.39 is 0 Å². The molecule has 0 aliphatic carbocycles. The number of rotatable bonds is 4. The van der Waals surface area contributed by atoms with Gasteiger partial charge < -0.3 is 72.6 Å². The maximum Gasteiger partial charge on any atom is 0.102 e. The maximum atomic E-state index is 3.82. The Hall–Kier alpha value is 0.740. The van der Waals surface area contributed by atoms with E-state index >= 15 is 0 Å². The molecule has 0 saturated carbocycles. The summed E-state index contributed by atoms with van der Waals surface area (Å²) in [6.45, 7) is 3.40. The molecule has 0 aromatic heterocycles. The number of hydrogen-bond acceptors (Lipinski definition) is 0. The quantitative estimate of drug-likeness (QED) is 0.369. The van der Waals surface area contributed by atoms with E-state index in [1.165, 1.54) is 11.1 Å². The lowest BCUT2D eigenvalue weighted by Gasteiger charge is -2.00. The lowest BCUT2D eigenvalue weighted by molar-refractivity contribution is -0.396. The monoisotopic (exact) mass is 288 g/mol. The third-order valence-corrected chi connectivity index (χ3v) is 1.71. The van der Waals surface area contributed by atoms with Crippen LogP contribution in [0.1, 0.15) is 0 Å². The Labute approximate surface area is 110 Å². The largest absolute Gasteiger partial charge is 1.00 e. The summed E-state index contributed by atoms with van der Waals surface area (Å²) in [5, 5.41) is 0. The lowest BCUT2D eigenvalue weighted by Crippen LogP contribution is -3.00. The van der Waals surface area contributed by atoms with Gasteiger partial charge in [0.2, 0.25) is 0 Å². The van der Waals surface area contributed by atoms with Crippen LogP contribution in [0.25, 0.3) is 0 Å². The van der Waals surface area contributed by atoms with Crippen LogP contribution in [0.4, 0.5) is 0 Å². The Morgan fingerprint density at radius 2 is 0.643 bits per heavy atom. The molecule has 0 aliphatic rings. The van der Waals surface area contributed by atoms with E-state index in [9.17, 15) is 0 Å². The number of quaternary nitrogens is 4. The highest BCUT2D eigenvalue weighted by atomic mass is 35.5. The Bertz CT molecular complexity index is 105. The van der Waals surface area contributed by atoms with Gasteiger partial charge in [-0.1, -0.05) is 0 Å². The number of halogens is 4. The molecule has 0 bridgehead atoms. The van der Waals surface area contributed by atoms with Gasteiger partial charge in [0, 0.05) is 11.1 Å². The van der Waals surface area contributed by atoms with Crippen LogP contribution >= 0.6 is 0 Å². The molecule has 0 spiro atoms. The fourth-order valence-corrected chi connectivity index (χ4v) is 0.957. The SMILES string of the molecule is [Cl-].[Cl-].[Cl-].[Cl-].[NH3+]CC(C[NH3+])=C(C[NH3+])C[NH3+]. The van der Waals surface area contributed by atoms with Crippen molar-refractivity contribution in [3.63, 3.8) is 0 Å². The standard InChI is InChI=1S/C6H16N4.4ClH/c7-1-5(2-8)6(3-9)4-10;;;;/h1-4,7-10H2;4*1H. The maximum absolute atomic E-state index is 3.82. The first-order valence-electron chi connectivity index (χ1n) is 3.66. The Morgan fingerprint density at radius 3 is 0.714 bits per heavy atom. The molecule has 8 heteroatoms. The van der Waals surface area contributed by atoms with Crippen LogP contribution in [0, 0.1) is 0 Å². The predicted octanol–water partition coefficient (Wildman–Crippen LogP) is -16.7. The molecule has 12 N–H and O–H groups in total. The summed E-state index contributed by atoms with van der Waals surface area (Å²) in [5.74, 6) is 0. The van der Waals surface area contributed by atoms with E-state index in [0.717, 1.165) is 26.2 Å². The zero-order valence-corrected chi connectivity index (χ0v) is 11.2. The zero-order chi connectivity index (χ0) is 7.98. The van der Waals surface area contributed by atoms with Crippen molar-refractivity contribution in [3.05, 3.63) is 11.1 Å². The Kier molecular flexibility index (Phi) is 40.5. The van der Waals surface area contributed by atoms with Crippen molar-refractivity contribution in [3.8, 4) is 0 Å². The van der Waals surface area contributed by atoms with Crippen LogP contribution in [0.2, 0.25) is 0 Å². The minimum Gasteiger partial charge on any atom is -1.00 e. The Morgan fingerprint density at radius 1 is 0.500 bits per heavy atom. The average Bonchev–Trinajstić information content (AvgIpc) is 2.00. The summed E-state index contributed by atoms with van der Waals surface area (Å²) in [7, 11) is 0. The summed E-state index contributed by atoms with van der Waals surface area (Å²) in [6, 6.07) is 0. The lowest BCUT2D eigenvalue weighted by atomic mass is 10.1. The van der Waals surface area contributed by atoms with Crippen LogP contribution in [-0.4, -0.2) is 26.2 Å². The average molecular weight is 290 g/mol. The van der Waals surface area contributed by atoms with Crippen molar-refractivity contribution in [2.45, 2.75) is 0 Å². The van der Waals surface area contributed by atoms with Crippen molar-refractivity contribution < 1.29 is 72.6 Å². The van der Waals surface area contributed by atoms with Crippen molar-refractivity contribution in [2.24, 2.45) is 0 Å². The van der Waals surface area contributed by atoms with Gasteiger partial charge in [-0.05, 0) is 0 Å². The first-order chi connectivity index (χ1) is 4.79. The molecular weight excluding hydrogens is 270 g/mol. The minimum absolute atomic E-state index is 0. The third-order valence-electron chi connectivity index (χ3n) is 1.71. The van der Waals surface area contributed by atoms with E-state index in [-0.39, 0.29) is 49.6 Å². The van der Waals surface area contributed by atoms with E-state index in [4.69, 9.17) is 0 Å². The van der Waals surface area contributed by atoms with Crippen LogP contribution < -0.4 is 72.6 Å². The second-order valence-corrected chi connectivity index (χ2v) is 2.21. The van der Waals surface area contributed by atoms with Gasteiger partial charge in [-0.15, -0.1) is 0 Å². The topological polar surface area (TPSA) is 111 Å². The molecule has 0 amide bonds. The van der Waals surface area contributed by atoms with Gasteiger partial charge in [0.25, 0.3) is 0 Å². The van der Waals surface area contributed by atoms with Crippen LogP contribution in [0.5, 0.6) is 0 Å². The van der Waals surface area contributed by atoms with Gasteiger partial charge in [0.1, 0.15) is 26.2 Å². The molecule has 0 fully saturated rings. The van der Waals surface area contributed by atoms with Gasteiger partial charge in [-0.2, -0.15) is 0 Å². The molecule has 0 saturated heterocycles. The predicted molar refractivity (Wildman–Crippen MR) is 38.0 cm³/mol. The summed E-state index contributed by atoms with van der Waals surface area (Å²) < 4.78 is 0. The summed E-state index contributed by atoms with van der Waals surface area (Å²) in [4.78, 5) is 0. The minimum atomic E-state index is 0. The summed E-state index contributed by atoms with van der Waals surface area (Å²) >= 11 is 0. The van der Waals surface area contributed by atoms with Crippen molar-refractivity contribution in [1.29, 1.82) is 0 Å². The van der Waals surface area contributed by atoms with Crippen molar-refractivity contribution >= 4 is 0 Å². The van der Waals surface area contributed by atoms with E-state index in [0.29, 0.717) is 0 Å². The molecule has 0 aliphatic heterocycles. The zero-order valence-electron chi connectivity index (χ0n) is 8.17. The molecule has 0 rings (SSSR count). The summed E-state index contributed by atoms with van der Waals surface area (Å²) in [6.07, 6.45) is 0. The second kappa shape index (κ2) is 19.3. The van der Waals surface area contributed by atoms with E-state index in [1.807, 2.05) is 0 Å². The van der Waals surface area contributed by atoms with Gasteiger partial charge in [-0.3, -0.25) is 0 Å². The Balaban J connectivity index is -0.0000000675. The van der Waals surface area contributed by atoms with E-state index in [1.54, 1.807) is 0 Å². The van der Waals surface area contributed by atoms with Gasteiger partial charge >= 0.3 is 0 Å². The molecule has 0 aromatic carbocycles. The van der Waals surface area contributed by atoms with Gasteiger partial charge in [-0.25, -0.2) is 0 Å².